The zero-order valence-corrected chi connectivity index (χ0v) is 10.6. The van der Waals surface area contributed by atoms with Crippen molar-refractivity contribution in [1.29, 1.82) is 0 Å². The average molecular weight is 244 g/mol. The van der Waals surface area contributed by atoms with E-state index in [1.165, 1.54) is 25.3 Å². The molecule has 0 aliphatic carbocycles. The molecule has 0 radical (unpaired) electrons. The topological polar surface area (TPSA) is 12.0 Å². The lowest BCUT2D eigenvalue weighted by molar-refractivity contribution is 0.599. The molecular weight excluding hydrogens is 225 g/mol. The molecule has 16 heavy (non-hydrogen) atoms. The van der Waals surface area contributed by atoms with Gasteiger partial charge >= 0.3 is 0 Å². The fourth-order valence-corrected chi connectivity index (χ4v) is 1.82. The molecule has 1 unspecified atom stereocenters. The van der Waals surface area contributed by atoms with Crippen LogP contribution in [0.2, 0.25) is 5.02 Å². The molecule has 90 valence electrons. The van der Waals surface area contributed by atoms with Crippen molar-refractivity contribution in [3.8, 4) is 0 Å². The number of hydrogen-bond donors (Lipinski definition) is 1. The SMILES string of the molecule is CCCCCC(C)Nc1cc(Cl)ccc1F. The molecule has 1 rings (SSSR count). The predicted octanol–water partition coefficient (Wildman–Crippen LogP) is 4.86. The lowest BCUT2D eigenvalue weighted by Crippen LogP contribution is -2.15. The minimum Gasteiger partial charge on any atom is -0.380 e. The fourth-order valence-electron chi connectivity index (χ4n) is 1.65. The van der Waals surface area contributed by atoms with Gasteiger partial charge in [-0.15, -0.1) is 0 Å². The van der Waals surface area contributed by atoms with Crippen LogP contribution >= 0.6 is 11.6 Å². The van der Waals surface area contributed by atoms with Crippen LogP contribution in [0.1, 0.15) is 39.5 Å². The van der Waals surface area contributed by atoms with E-state index in [2.05, 4.69) is 19.2 Å². The maximum absolute atomic E-state index is 13.4. The molecule has 1 aromatic rings. The number of rotatable bonds is 6. The monoisotopic (exact) mass is 243 g/mol. The zero-order valence-electron chi connectivity index (χ0n) is 9.89. The highest BCUT2D eigenvalue weighted by atomic mass is 35.5. The molecule has 0 aliphatic heterocycles. The second kappa shape index (κ2) is 6.74. The summed E-state index contributed by atoms with van der Waals surface area (Å²) < 4.78 is 13.4. The molecular formula is C13H19ClFN. The van der Waals surface area contributed by atoms with Crippen molar-refractivity contribution in [1.82, 2.24) is 0 Å². The van der Waals surface area contributed by atoms with Gasteiger partial charge in [0.15, 0.2) is 0 Å². The van der Waals surface area contributed by atoms with Crippen LogP contribution in [-0.4, -0.2) is 6.04 Å². The third kappa shape index (κ3) is 4.40. The van der Waals surface area contributed by atoms with Gasteiger partial charge < -0.3 is 5.32 Å². The number of nitrogens with one attached hydrogen (secondary N) is 1. The van der Waals surface area contributed by atoms with E-state index in [1.54, 1.807) is 12.1 Å². The van der Waals surface area contributed by atoms with E-state index in [0.717, 1.165) is 6.42 Å². The number of benzene rings is 1. The largest absolute Gasteiger partial charge is 0.380 e. The second-order valence-electron chi connectivity index (χ2n) is 4.17. The first-order valence-corrected chi connectivity index (χ1v) is 6.23. The van der Waals surface area contributed by atoms with Gasteiger partial charge in [0.25, 0.3) is 0 Å². The van der Waals surface area contributed by atoms with Crippen LogP contribution < -0.4 is 5.32 Å². The van der Waals surface area contributed by atoms with Crippen molar-refractivity contribution < 1.29 is 4.39 Å². The lowest BCUT2D eigenvalue weighted by Gasteiger charge is -2.15. The average Bonchev–Trinajstić information content (AvgIpc) is 2.24. The Morgan fingerprint density at radius 3 is 2.81 bits per heavy atom. The number of halogens is 2. The maximum Gasteiger partial charge on any atom is 0.146 e. The lowest BCUT2D eigenvalue weighted by atomic mass is 10.1. The van der Waals surface area contributed by atoms with Gasteiger partial charge in [-0.2, -0.15) is 0 Å². The molecule has 0 aliphatic rings. The van der Waals surface area contributed by atoms with Crippen molar-refractivity contribution in [2.45, 2.75) is 45.6 Å². The van der Waals surface area contributed by atoms with Crippen LogP contribution in [0.3, 0.4) is 0 Å². The Kier molecular flexibility index (Phi) is 5.61. The Labute approximate surface area is 102 Å². The number of unbranched alkanes of at least 4 members (excludes halogenated alkanes) is 2. The zero-order chi connectivity index (χ0) is 12.0. The molecule has 0 bridgehead atoms. The standard InChI is InChI=1S/C13H19ClFN/c1-3-4-5-6-10(2)16-13-9-11(14)7-8-12(13)15/h7-10,16H,3-6H2,1-2H3. The summed E-state index contributed by atoms with van der Waals surface area (Å²) in [5.74, 6) is -0.244. The van der Waals surface area contributed by atoms with Crippen molar-refractivity contribution in [2.75, 3.05) is 5.32 Å². The molecule has 0 amide bonds. The van der Waals surface area contributed by atoms with Crippen LogP contribution in [0.15, 0.2) is 18.2 Å². The van der Waals surface area contributed by atoms with E-state index in [9.17, 15) is 4.39 Å². The smallest absolute Gasteiger partial charge is 0.146 e. The van der Waals surface area contributed by atoms with Crippen LogP contribution in [0.25, 0.3) is 0 Å². The summed E-state index contributed by atoms with van der Waals surface area (Å²) in [4.78, 5) is 0. The molecule has 0 saturated carbocycles. The van der Waals surface area contributed by atoms with Crippen LogP contribution in [-0.2, 0) is 0 Å². The summed E-state index contributed by atoms with van der Waals surface area (Å²) in [5.41, 5.74) is 0.497. The van der Waals surface area contributed by atoms with Crippen LogP contribution in [0.5, 0.6) is 0 Å². The molecule has 0 aromatic heterocycles. The van der Waals surface area contributed by atoms with Gasteiger partial charge in [0.05, 0.1) is 5.69 Å². The van der Waals surface area contributed by atoms with Crippen molar-refractivity contribution >= 4 is 17.3 Å². The second-order valence-corrected chi connectivity index (χ2v) is 4.60. The summed E-state index contributed by atoms with van der Waals surface area (Å²) in [7, 11) is 0. The molecule has 1 aromatic carbocycles. The molecule has 0 heterocycles. The van der Waals surface area contributed by atoms with E-state index in [-0.39, 0.29) is 11.9 Å². The summed E-state index contributed by atoms with van der Waals surface area (Å²) >= 11 is 5.82. The summed E-state index contributed by atoms with van der Waals surface area (Å²) in [6, 6.07) is 4.86. The van der Waals surface area contributed by atoms with E-state index in [4.69, 9.17) is 11.6 Å². The van der Waals surface area contributed by atoms with E-state index in [1.807, 2.05) is 0 Å². The molecule has 0 spiro atoms. The van der Waals surface area contributed by atoms with Gasteiger partial charge in [0, 0.05) is 11.1 Å². The highest BCUT2D eigenvalue weighted by Gasteiger charge is 2.06. The quantitative estimate of drug-likeness (QED) is 0.704. The normalized spacial score (nSPS) is 12.5. The van der Waals surface area contributed by atoms with Gasteiger partial charge in [0.1, 0.15) is 5.82 Å². The first-order valence-electron chi connectivity index (χ1n) is 5.85. The minimum absolute atomic E-state index is 0.244. The highest BCUT2D eigenvalue weighted by molar-refractivity contribution is 6.30. The van der Waals surface area contributed by atoms with Gasteiger partial charge in [0.2, 0.25) is 0 Å². The van der Waals surface area contributed by atoms with Crippen molar-refractivity contribution in [2.24, 2.45) is 0 Å². The van der Waals surface area contributed by atoms with E-state index in [0.29, 0.717) is 10.7 Å². The van der Waals surface area contributed by atoms with Crippen molar-refractivity contribution in [3.63, 3.8) is 0 Å². The Hall–Kier alpha value is -0.760. The van der Waals surface area contributed by atoms with Crippen LogP contribution in [0, 0.1) is 5.82 Å². The third-order valence-electron chi connectivity index (χ3n) is 2.57. The Morgan fingerprint density at radius 1 is 1.38 bits per heavy atom. The number of anilines is 1. The van der Waals surface area contributed by atoms with Crippen molar-refractivity contribution in [3.05, 3.63) is 29.0 Å². The molecule has 0 saturated heterocycles. The Bertz CT molecular complexity index is 328. The predicted molar refractivity (Wildman–Crippen MR) is 68.6 cm³/mol. The summed E-state index contributed by atoms with van der Waals surface area (Å²) in [5, 5.41) is 3.71. The molecule has 0 fully saturated rings. The molecule has 1 N–H and O–H groups in total. The van der Waals surface area contributed by atoms with E-state index >= 15 is 0 Å². The Balaban J connectivity index is 2.48. The van der Waals surface area contributed by atoms with Gasteiger partial charge in [-0.3, -0.25) is 0 Å². The Morgan fingerprint density at radius 2 is 2.12 bits per heavy atom. The van der Waals surface area contributed by atoms with Gasteiger partial charge in [-0.25, -0.2) is 4.39 Å². The highest BCUT2D eigenvalue weighted by Crippen LogP contribution is 2.21. The first kappa shape index (κ1) is 13.3. The maximum atomic E-state index is 13.4. The molecule has 1 nitrogen and oxygen atoms in total. The molecule has 3 heteroatoms. The number of hydrogen-bond acceptors (Lipinski definition) is 1. The first-order chi connectivity index (χ1) is 7.63. The third-order valence-corrected chi connectivity index (χ3v) is 2.81. The summed E-state index contributed by atoms with van der Waals surface area (Å²) in [6.07, 6.45) is 4.66. The van der Waals surface area contributed by atoms with Gasteiger partial charge in [-0.1, -0.05) is 37.8 Å². The van der Waals surface area contributed by atoms with Gasteiger partial charge in [-0.05, 0) is 31.5 Å². The van der Waals surface area contributed by atoms with E-state index < -0.39 is 0 Å². The van der Waals surface area contributed by atoms with Crippen LogP contribution in [0.4, 0.5) is 10.1 Å². The minimum atomic E-state index is -0.244. The summed E-state index contributed by atoms with van der Waals surface area (Å²) in [6.45, 7) is 4.24. The molecule has 1 atom stereocenters. The fraction of sp³-hybridized carbons (Fsp3) is 0.538.